The standard InChI is InChI=1S/C19H30ClN3O.C9H7F3O2/c1-21(2)11-5-6-15-9-12-23(13-10-15)16-7-8-17(18(20)14-16)19(24)22(3)4;10-9(11,12)8(14,6-13)7-4-2-1-3-5-7/h7-8,14-15H,5-6,9-13H2,1-4H3;1-6,14H. The van der Waals surface area contributed by atoms with Gasteiger partial charge in [0.2, 0.25) is 5.60 Å². The Labute approximate surface area is 228 Å². The lowest BCUT2D eigenvalue weighted by Gasteiger charge is -2.34. The van der Waals surface area contributed by atoms with Gasteiger partial charge in [0.25, 0.3) is 5.91 Å². The van der Waals surface area contributed by atoms with Crippen molar-refractivity contribution in [2.45, 2.75) is 37.5 Å². The van der Waals surface area contributed by atoms with Gasteiger partial charge in [-0.3, -0.25) is 9.59 Å². The largest absolute Gasteiger partial charge is 0.428 e. The maximum absolute atomic E-state index is 12.3. The van der Waals surface area contributed by atoms with E-state index < -0.39 is 23.6 Å². The first kappa shape index (κ1) is 31.6. The number of aliphatic hydroxyl groups is 1. The third kappa shape index (κ3) is 8.44. The van der Waals surface area contributed by atoms with Crippen LogP contribution in [0.1, 0.15) is 41.6 Å². The fourth-order valence-electron chi connectivity index (χ4n) is 4.28. The van der Waals surface area contributed by atoms with Crippen LogP contribution < -0.4 is 4.90 Å². The van der Waals surface area contributed by atoms with Gasteiger partial charge in [-0.1, -0.05) is 41.9 Å². The molecule has 0 radical (unpaired) electrons. The van der Waals surface area contributed by atoms with E-state index >= 15 is 0 Å². The molecule has 1 amide bonds. The summed E-state index contributed by atoms with van der Waals surface area (Å²) in [5, 5.41) is 9.68. The Kier molecular flexibility index (Phi) is 11.6. The van der Waals surface area contributed by atoms with Crippen molar-refractivity contribution in [1.29, 1.82) is 0 Å². The van der Waals surface area contributed by atoms with Crippen LogP contribution in [-0.4, -0.2) is 81.1 Å². The molecule has 1 heterocycles. The highest BCUT2D eigenvalue weighted by atomic mass is 35.5. The fraction of sp³-hybridized carbons (Fsp3) is 0.500. The Hall–Kier alpha value is -2.62. The molecule has 1 aliphatic rings. The van der Waals surface area contributed by atoms with Crippen molar-refractivity contribution in [2.75, 3.05) is 52.7 Å². The maximum atomic E-state index is 12.3. The molecule has 0 aromatic heterocycles. The molecular formula is C28H37ClF3N3O3. The van der Waals surface area contributed by atoms with Crippen LogP contribution >= 0.6 is 11.6 Å². The first-order valence-electron chi connectivity index (χ1n) is 12.5. The fourth-order valence-corrected chi connectivity index (χ4v) is 4.54. The van der Waals surface area contributed by atoms with Gasteiger partial charge in [-0.2, -0.15) is 13.2 Å². The maximum Gasteiger partial charge on any atom is 0.428 e. The summed E-state index contributed by atoms with van der Waals surface area (Å²) < 4.78 is 36.9. The second-order valence-corrected chi connectivity index (χ2v) is 10.4. The third-order valence-electron chi connectivity index (χ3n) is 6.60. The molecule has 1 N–H and O–H groups in total. The molecule has 3 rings (SSSR count). The summed E-state index contributed by atoms with van der Waals surface area (Å²) >= 11 is 6.34. The molecule has 6 nitrogen and oxygen atoms in total. The number of alkyl halides is 3. The summed E-state index contributed by atoms with van der Waals surface area (Å²) in [5.74, 6) is 0.789. The highest BCUT2D eigenvalue weighted by Gasteiger charge is 2.55. The molecule has 0 aliphatic carbocycles. The summed E-state index contributed by atoms with van der Waals surface area (Å²) in [5.41, 5.74) is -2.19. The number of nitrogens with zero attached hydrogens (tertiary/aromatic N) is 3. The molecule has 38 heavy (non-hydrogen) atoms. The number of anilines is 1. The molecular weight excluding hydrogens is 519 g/mol. The molecule has 1 fully saturated rings. The number of halogens is 4. The molecule has 1 atom stereocenters. The minimum Gasteiger partial charge on any atom is -0.371 e. The topological polar surface area (TPSA) is 64.1 Å². The lowest BCUT2D eigenvalue weighted by atomic mass is 9.92. The van der Waals surface area contributed by atoms with E-state index in [-0.39, 0.29) is 5.91 Å². The Morgan fingerprint density at radius 2 is 1.68 bits per heavy atom. The molecule has 1 saturated heterocycles. The van der Waals surface area contributed by atoms with E-state index in [1.165, 1.54) is 50.4 Å². The smallest absolute Gasteiger partial charge is 0.371 e. The van der Waals surface area contributed by atoms with E-state index in [1.54, 1.807) is 19.0 Å². The number of hydrogen-bond donors (Lipinski definition) is 1. The highest BCUT2D eigenvalue weighted by molar-refractivity contribution is 6.34. The van der Waals surface area contributed by atoms with Gasteiger partial charge in [0, 0.05) is 32.9 Å². The van der Waals surface area contributed by atoms with E-state index in [9.17, 15) is 22.8 Å². The van der Waals surface area contributed by atoms with Gasteiger partial charge in [-0.15, -0.1) is 0 Å². The summed E-state index contributed by atoms with van der Waals surface area (Å²) in [4.78, 5) is 28.6. The van der Waals surface area contributed by atoms with Crippen molar-refractivity contribution in [3.05, 3.63) is 64.7 Å². The summed E-state index contributed by atoms with van der Waals surface area (Å²) in [6, 6.07) is 12.0. The SMILES string of the molecule is CN(C)CCCC1CCN(c2ccc(C(=O)N(C)C)c(Cl)c2)CC1.O=CC(O)(c1ccccc1)C(F)(F)F. The lowest BCUT2D eigenvalue weighted by molar-refractivity contribution is -0.249. The van der Waals surface area contributed by atoms with Crippen LogP contribution in [0.2, 0.25) is 5.02 Å². The summed E-state index contributed by atoms with van der Waals surface area (Å²) in [7, 11) is 7.76. The lowest BCUT2D eigenvalue weighted by Crippen LogP contribution is -2.43. The summed E-state index contributed by atoms with van der Waals surface area (Å²) in [6.07, 6.45) is -0.431. The van der Waals surface area contributed by atoms with E-state index in [4.69, 9.17) is 16.7 Å². The number of aldehydes is 1. The van der Waals surface area contributed by atoms with Crippen molar-refractivity contribution in [1.82, 2.24) is 9.80 Å². The number of carbonyl (C=O) groups is 2. The van der Waals surface area contributed by atoms with Gasteiger partial charge in [0.15, 0.2) is 6.29 Å². The van der Waals surface area contributed by atoms with Crippen LogP contribution in [-0.2, 0) is 10.4 Å². The molecule has 1 aliphatic heterocycles. The molecule has 0 bridgehead atoms. The zero-order valence-corrected chi connectivity index (χ0v) is 23.1. The van der Waals surface area contributed by atoms with E-state index in [1.807, 2.05) is 18.2 Å². The van der Waals surface area contributed by atoms with Crippen LogP contribution in [0.4, 0.5) is 18.9 Å². The highest BCUT2D eigenvalue weighted by Crippen LogP contribution is 2.37. The zero-order valence-electron chi connectivity index (χ0n) is 22.3. The van der Waals surface area contributed by atoms with Gasteiger partial charge >= 0.3 is 6.18 Å². The Bertz CT molecular complexity index is 1040. The van der Waals surface area contributed by atoms with Crippen LogP contribution in [0.25, 0.3) is 0 Å². The predicted octanol–water partition coefficient (Wildman–Crippen LogP) is 5.24. The van der Waals surface area contributed by atoms with Crippen molar-refractivity contribution < 1.29 is 27.9 Å². The van der Waals surface area contributed by atoms with Gasteiger partial charge in [0.1, 0.15) is 0 Å². The number of benzene rings is 2. The Morgan fingerprint density at radius 3 is 2.16 bits per heavy atom. The van der Waals surface area contributed by atoms with E-state index in [0.717, 1.165) is 36.8 Å². The quantitative estimate of drug-likeness (QED) is 0.452. The average molecular weight is 556 g/mol. The first-order valence-corrected chi connectivity index (χ1v) is 12.9. The molecule has 0 saturated carbocycles. The van der Waals surface area contributed by atoms with Gasteiger partial charge in [-0.05, 0) is 76.0 Å². The monoisotopic (exact) mass is 555 g/mol. The van der Waals surface area contributed by atoms with Crippen LogP contribution in [0.5, 0.6) is 0 Å². The van der Waals surface area contributed by atoms with E-state index in [0.29, 0.717) is 10.6 Å². The van der Waals surface area contributed by atoms with Crippen LogP contribution in [0.3, 0.4) is 0 Å². The second kappa shape index (κ2) is 14.0. The summed E-state index contributed by atoms with van der Waals surface area (Å²) in [6.45, 7) is 3.32. The molecule has 1 unspecified atom stereocenters. The first-order chi connectivity index (χ1) is 17.8. The van der Waals surface area contributed by atoms with Crippen molar-refractivity contribution in [3.63, 3.8) is 0 Å². The van der Waals surface area contributed by atoms with Gasteiger partial charge < -0.3 is 19.8 Å². The number of rotatable bonds is 8. The van der Waals surface area contributed by atoms with Gasteiger partial charge in [-0.25, -0.2) is 0 Å². The third-order valence-corrected chi connectivity index (χ3v) is 6.92. The van der Waals surface area contributed by atoms with E-state index in [2.05, 4.69) is 23.9 Å². The van der Waals surface area contributed by atoms with Crippen molar-refractivity contribution in [2.24, 2.45) is 5.92 Å². The second-order valence-electron chi connectivity index (χ2n) is 9.99. The number of piperidine rings is 1. The normalized spacial score (nSPS) is 15.9. The van der Waals surface area contributed by atoms with Crippen LogP contribution in [0, 0.1) is 5.92 Å². The van der Waals surface area contributed by atoms with Crippen molar-refractivity contribution in [3.8, 4) is 0 Å². The molecule has 2 aromatic rings. The van der Waals surface area contributed by atoms with Crippen molar-refractivity contribution >= 4 is 29.5 Å². The number of carbonyl (C=O) groups excluding carboxylic acids is 2. The van der Waals surface area contributed by atoms with Gasteiger partial charge in [0.05, 0.1) is 10.6 Å². The molecule has 210 valence electrons. The minimum atomic E-state index is -5.00. The minimum absolute atomic E-state index is 0.0499. The Balaban J connectivity index is 0.000000308. The molecule has 2 aromatic carbocycles. The number of hydrogen-bond acceptors (Lipinski definition) is 5. The zero-order chi connectivity index (χ0) is 28.5. The number of amides is 1. The predicted molar refractivity (Wildman–Crippen MR) is 145 cm³/mol. The average Bonchev–Trinajstić information content (AvgIpc) is 2.88. The molecule has 0 spiro atoms. The Morgan fingerprint density at radius 1 is 1.08 bits per heavy atom. The molecule has 10 heteroatoms. The van der Waals surface area contributed by atoms with Crippen LogP contribution in [0.15, 0.2) is 48.5 Å².